The number of nitriles is 2. The zero-order valence-corrected chi connectivity index (χ0v) is 15.9. The molecule has 27 heavy (non-hydrogen) atoms. The molecule has 1 atom stereocenters. The number of benzene rings is 1. The number of rotatable bonds is 3. The van der Waals surface area contributed by atoms with Crippen LogP contribution in [0.15, 0.2) is 29.3 Å². The smallest absolute Gasteiger partial charge is 0.247 e. The Kier molecular flexibility index (Phi) is 4.98. The SMILES string of the molecule is Cc1nc(SC2CC(=O)N(c3ccc(C#N)cc3)C2=O)c(C#N)c(C)c1C. The van der Waals surface area contributed by atoms with Crippen LogP contribution >= 0.6 is 11.8 Å². The maximum atomic E-state index is 12.8. The summed E-state index contributed by atoms with van der Waals surface area (Å²) in [5.41, 5.74) is 3.93. The van der Waals surface area contributed by atoms with Gasteiger partial charge in [0, 0.05) is 12.1 Å². The Labute approximate surface area is 161 Å². The molecule has 7 heteroatoms. The van der Waals surface area contributed by atoms with Gasteiger partial charge < -0.3 is 0 Å². The monoisotopic (exact) mass is 376 g/mol. The van der Waals surface area contributed by atoms with Crippen LogP contribution in [0.1, 0.15) is 34.4 Å². The number of aromatic nitrogens is 1. The first-order valence-corrected chi connectivity index (χ1v) is 9.16. The number of amides is 2. The van der Waals surface area contributed by atoms with Crippen molar-refractivity contribution in [2.24, 2.45) is 0 Å². The van der Waals surface area contributed by atoms with Gasteiger partial charge in [0.1, 0.15) is 11.1 Å². The van der Waals surface area contributed by atoms with Gasteiger partial charge in [0.05, 0.1) is 28.1 Å². The predicted molar refractivity (Wildman–Crippen MR) is 101 cm³/mol. The van der Waals surface area contributed by atoms with Gasteiger partial charge in [-0.3, -0.25) is 9.59 Å². The Bertz CT molecular complexity index is 1030. The van der Waals surface area contributed by atoms with E-state index in [2.05, 4.69) is 11.1 Å². The second-order valence-electron chi connectivity index (χ2n) is 6.28. The second kappa shape index (κ2) is 7.22. The minimum atomic E-state index is -0.630. The van der Waals surface area contributed by atoms with Gasteiger partial charge in [-0.15, -0.1) is 0 Å². The Balaban J connectivity index is 1.90. The lowest BCUT2D eigenvalue weighted by atomic mass is 10.1. The van der Waals surface area contributed by atoms with Crippen molar-refractivity contribution >= 4 is 29.3 Å². The molecule has 1 aromatic carbocycles. The second-order valence-corrected chi connectivity index (χ2v) is 7.47. The predicted octanol–water partition coefficient (Wildman–Crippen LogP) is 3.17. The first kappa shape index (κ1) is 18.6. The molecule has 6 nitrogen and oxygen atoms in total. The van der Waals surface area contributed by atoms with Crippen molar-refractivity contribution in [3.8, 4) is 12.1 Å². The minimum Gasteiger partial charge on any atom is -0.274 e. The van der Waals surface area contributed by atoms with Crippen molar-refractivity contribution in [1.29, 1.82) is 10.5 Å². The van der Waals surface area contributed by atoms with Crippen LogP contribution in [0.3, 0.4) is 0 Å². The van der Waals surface area contributed by atoms with Crippen LogP contribution in [-0.2, 0) is 9.59 Å². The largest absolute Gasteiger partial charge is 0.274 e. The van der Waals surface area contributed by atoms with Crippen LogP contribution in [0, 0.1) is 43.4 Å². The number of nitrogens with zero attached hydrogens (tertiary/aromatic N) is 4. The van der Waals surface area contributed by atoms with E-state index in [1.54, 1.807) is 24.3 Å². The van der Waals surface area contributed by atoms with Crippen molar-refractivity contribution in [2.75, 3.05) is 4.90 Å². The van der Waals surface area contributed by atoms with Gasteiger partial charge in [0.15, 0.2) is 0 Å². The quantitative estimate of drug-likeness (QED) is 0.763. The molecule has 0 N–H and O–H groups in total. The molecule has 1 saturated heterocycles. The molecule has 0 radical (unpaired) electrons. The van der Waals surface area contributed by atoms with Crippen molar-refractivity contribution in [3.05, 3.63) is 52.2 Å². The number of hydrogen-bond acceptors (Lipinski definition) is 6. The van der Waals surface area contributed by atoms with Crippen LogP contribution in [0.4, 0.5) is 5.69 Å². The molecule has 3 rings (SSSR count). The molecule has 1 aliphatic heterocycles. The van der Waals surface area contributed by atoms with E-state index in [9.17, 15) is 14.9 Å². The molecule has 1 fully saturated rings. The van der Waals surface area contributed by atoms with Crippen molar-refractivity contribution < 1.29 is 9.59 Å². The molecule has 0 saturated carbocycles. The summed E-state index contributed by atoms with van der Waals surface area (Å²) in [5, 5.41) is 18.2. The van der Waals surface area contributed by atoms with Gasteiger partial charge >= 0.3 is 0 Å². The summed E-state index contributed by atoms with van der Waals surface area (Å²) >= 11 is 1.16. The average molecular weight is 376 g/mol. The maximum Gasteiger partial charge on any atom is 0.247 e. The summed E-state index contributed by atoms with van der Waals surface area (Å²) in [7, 11) is 0. The Morgan fingerprint density at radius 1 is 1.07 bits per heavy atom. The lowest BCUT2D eigenvalue weighted by molar-refractivity contribution is -0.121. The number of carbonyl (C=O) groups excluding carboxylic acids is 2. The van der Waals surface area contributed by atoms with Gasteiger partial charge in [0.2, 0.25) is 11.8 Å². The van der Waals surface area contributed by atoms with E-state index in [0.717, 1.165) is 33.5 Å². The third kappa shape index (κ3) is 3.30. The summed E-state index contributed by atoms with van der Waals surface area (Å²) in [4.78, 5) is 30.9. The van der Waals surface area contributed by atoms with Crippen LogP contribution in [0.25, 0.3) is 0 Å². The lowest BCUT2D eigenvalue weighted by Crippen LogP contribution is -2.31. The summed E-state index contributed by atoms with van der Waals surface area (Å²) in [5.74, 6) is -0.641. The fraction of sp³-hybridized carbons (Fsp3) is 0.250. The van der Waals surface area contributed by atoms with Gasteiger partial charge in [-0.2, -0.15) is 10.5 Å². The topological polar surface area (TPSA) is 97.8 Å². The summed E-state index contributed by atoms with van der Waals surface area (Å²) in [6, 6.07) is 10.5. The highest BCUT2D eigenvalue weighted by Crippen LogP contribution is 2.36. The minimum absolute atomic E-state index is 0.0437. The van der Waals surface area contributed by atoms with Crippen LogP contribution in [0.5, 0.6) is 0 Å². The highest BCUT2D eigenvalue weighted by Gasteiger charge is 2.40. The first-order valence-electron chi connectivity index (χ1n) is 8.29. The van der Waals surface area contributed by atoms with E-state index in [1.807, 2.05) is 26.8 Å². The Morgan fingerprint density at radius 2 is 1.74 bits per heavy atom. The summed E-state index contributed by atoms with van der Waals surface area (Å²) in [6.07, 6.45) is 0.0437. The van der Waals surface area contributed by atoms with E-state index in [4.69, 9.17) is 5.26 Å². The van der Waals surface area contributed by atoms with E-state index in [-0.39, 0.29) is 18.2 Å². The van der Waals surface area contributed by atoms with Gasteiger partial charge in [-0.05, 0) is 56.2 Å². The molecular weight excluding hydrogens is 360 g/mol. The number of thioether (sulfide) groups is 1. The zero-order chi connectivity index (χ0) is 19.7. The van der Waals surface area contributed by atoms with Gasteiger partial charge in [-0.1, -0.05) is 11.8 Å². The number of carbonyl (C=O) groups is 2. The molecule has 0 bridgehead atoms. The number of hydrogen-bond donors (Lipinski definition) is 0. The molecule has 134 valence electrons. The van der Waals surface area contributed by atoms with E-state index in [1.165, 1.54) is 0 Å². The Hall–Kier alpha value is -3.16. The number of pyridine rings is 1. The van der Waals surface area contributed by atoms with Gasteiger partial charge in [0.25, 0.3) is 0 Å². The zero-order valence-electron chi connectivity index (χ0n) is 15.1. The number of aryl methyl sites for hydroxylation is 1. The molecule has 1 unspecified atom stereocenters. The first-order chi connectivity index (χ1) is 12.9. The molecule has 1 aliphatic rings. The van der Waals surface area contributed by atoms with Crippen molar-refractivity contribution in [1.82, 2.24) is 4.98 Å². The third-order valence-electron chi connectivity index (χ3n) is 4.69. The third-order valence-corrected chi connectivity index (χ3v) is 5.86. The maximum absolute atomic E-state index is 12.8. The number of imide groups is 1. The molecule has 2 amide bonds. The Morgan fingerprint density at radius 3 is 2.33 bits per heavy atom. The van der Waals surface area contributed by atoms with Crippen LogP contribution < -0.4 is 4.90 Å². The lowest BCUT2D eigenvalue weighted by Gasteiger charge is -2.16. The van der Waals surface area contributed by atoms with Crippen molar-refractivity contribution in [2.45, 2.75) is 37.5 Å². The van der Waals surface area contributed by atoms with Crippen LogP contribution in [0.2, 0.25) is 0 Å². The fourth-order valence-corrected chi connectivity index (χ4v) is 4.12. The average Bonchev–Trinajstić information content (AvgIpc) is 2.93. The van der Waals surface area contributed by atoms with Gasteiger partial charge in [-0.25, -0.2) is 9.88 Å². The van der Waals surface area contributed by atoms with Crippen molar-refractivity contribution in [3.63, 3.8) is 0 Å². The molecular formula is C20H16N4O2S. The molecule has 2 heterocycles. The standard InChI is InChI=1S/C20H16N4O2S/c1-11-12(2)16(10-22)19(23-13(11)3)27-17-8-18(25)24(20(17)26)15-6-4-14(9-21)5-7-15/h4-7,17H,8H2,1-3H3. The van der Waals surface area contributed by atoms with E-state index >= 15 is 0 Å². The highest BCUT2D eigenvalue weighted by molar-refractivity contribution is 8.00. The molecule has 0 spiro atoms. The highest BCUT2D eigenvalue weighted by atomic mass is 32.2. The molecule has 1 aromatic heterocycles. The van der Waals surface area contributed by atoms with Crippen LogP contribution in [-0.4, -0.2) is 22.0 Å². The molecule has 0 aliphatic carbocycles. The number of anilines is 1. The normalized spacial score (nSPS) is 16.3. The van der Waals surface area contributed by atoms with E-state index in [0.29, 0.717) is 21.8 Å². The fourth-order valence-electron chi connectivity index (χ4n) is 2.92. The summed E-state index contributed by atoms with van der Waals surface area (Å²) < 4.78 is 0. The van der Waals surface area contributed by atoms with E-state index < -0.39 is 5.25 Å². The molecule has 2 aromatic rings. The summed E-state index contributed by atoms with van der Waals surface area (Å²) in [6.45, 7) is 5.62.